The number of nitrogens with zero attached hydrogens (tertiary/aromatic N) is 2. The van der Waals surface area contributed by atoms with Crippen LogP contribution in [0, 0.1) is 0 Å². The van der Waals surface area contributed by atoms with Gasteiger partial charge in [0.2, 0.25) is 5.95 Å². The number of hydrogen-bond donors (Lipinski definition) is 2. The van der Waals surface area contributed by atoms with Crippen molar-refractivity contribution in [2.24, 2.45) is 0 Å². The van der Waals surface area contributed by atoms with Gasteiger partial charge in [-0.1, -0.05) is 11.6 Å². The van der Waals surface area contributed by atoms with E-state index in [2.05, 4.69) is 20.6 Å². The van der Waals surface area contributed by atoms with Crippen molar-refractivity contribution in [2.75, 3.05) is 24.8 Å². The molecule has 0 amide bonds. The van der Waals surface area contributed by atoms with E-state index < -0.39 is 0 Å². The first-order valence-electron chi connectivity index (χ1n) is 5.22. The van der Waals surface area contributed by atoms with Gasteiger partial charge in [-0.2, -0.15) is 4.98 Å². The van der Waals surface area contributed by atoms with Crippen molar-refractivity contribution >= 4 is 23.4 Å². The van der Waals surface area contributed by atoms with E-state index in [0.29, 0.717) is 28.9 Å². The molecule has 0 aliphatic heterocycles. The molecule has 0 atom stereocenters. The lowest BCUT2D eigenvalue weighted by Crippen LogP contribution is -2.40. The van der Waals surface area contributed by atoms with Crippen LogP contribution in [0.15, 0.2) is 6.20 Å². The maximum atomic E-state index is 6.00. The Bertz CT molecular complexity index is 368. The molecule has 2 N–H and O–H groups in total. The third-order valence-corrected chi connectivity index (χ3v) is 3.01. The molecule has 0 saturated heterocycles. The molecular formula is C10H15ClN4O. The Balaban J connectivity index is 1.98. The van der Waals surface area contributed by atoms with E-state index in [1.54, 1.807) is 20.4 Å². The van der Waals surface area contributed by atoms with E-state index in [0.717, 1.165) is 12.8 Å². The van der Waals surface area contributed by atoms with Crippen molar-refractivity contribution in [3.8, 4) is 0 Å². The first-order chi connectivity index (χ1) is 7.72. The van der Waals surface area contributed by atoms with E-state index in [9.17, 15) is 0 Å². The number of hydrogen-bond acceptors (Lipinski definition) is 5. The fraction of sp³-hybridized carbons (Fsp3) is 0.600. The van der Waals surface area contributed by atoms with Crippen LogP contribution >= 0.6 is 11.6 Å². The minimum atomic E-state index is 0.363. The Hall–Kier alpha value is -1.07. The fourth-order valence-corrected chi connectivity index (χ4v) is 1.80. The number of anilines is 2. The van der Waals surface area contributed by atoms with Crippen molar-refractivity contribution < 1.29 is 4.74 Å². The largest absolute Gasteiger partial charge is 0.381 e. The third-order valence-electron chi connectivity index (χ3n) is 2.74. The van der Waals surface area contributed by atoms with E-state index in [1.807, 2.05) is 0 Å². The highest BCUT2D eigenvalue weighted by Crippen LogP contribution is 2.28. The molecule has 0 spiro atoms. The summed E-state index contributed by atoms with van der Waals surface area (Å²) in [5, 5.41) is 6.70. The Kier molecular flexibility index (Phi) is 3.46. The van der Waals surface area contributed by atoms with E-state index in [-0.39, 0.29) is 0 Å². The molecule has 1 aliphatic rings. The second-order valence-corrected chi connectivity index (χ2v) is 4.22. The van der Waals surface area contributed by atoms with Crippen LogP contribution < -0.4 is 10.6 Å². The van der Waals surface area contributed by atoms with E-state index >= 15 is 0 Å². The molecule has 1 saturated carbocycles. The van der Waals surface area contributed by atoms with Crippen molar-refractivity contribution in [3.05, 3.63) is 11.2 Å². The summed E-state index contributed by atoms with van der Waals surface area (Å²) in [6, 6.07) is 0.391. The standard InChI is InChI=1S/C10H15ClN4O/c1-12-10-13-5-8(11)9(15-10)14-6-3-7(4-6)16-2/h5-7H,3-4H2,1-2H3,(H2,12,13,14,15). The van der Waals surface area contributed by atoms with Crippen LogP contribution in [-0.2, 0) is 4.74 Å². The smallest absolute Gasteiger partial charge is 0.224 e. The molecule has 1 fully saturated rings. The van der Waals surface area contributed by atoms with Crippen LogP contribution in [0.1, 0.15) is 12.8 Å². The lowest BCUT2D eigenvalue weighted by atomic mass is 9.89. The summed E-state index contributed by atoms with van der Waals surface area (Å²) in [6.07, 6.45) is 3.94. The van der Waals surface area contributed by atoms with Gasteiger partial charge in [0.25, 0.3) is 0 Å². The first-order valence-corrected chi connectivity index (χ1v) is 5.60. The van der Waals surface area contributed by atoms with Gasteiger partial charge in [0, 0.05) is 20.2 Å². The van der Waals surface area contributed by atoms with Crippen LogP contribution in [-0.4, -0.2) is 36.3 Å². The lowest BCUT2D eigenvalue weighted by Gasteiger charge is -2.35. The molecule has 1 aromatic rings. The number of nitrogens with one attached hydrogen (secondary N) is 2. The second kappa shape index (κ2) is 4.84. The van der Waals surface area contributed by atoms with Crippen molar-refractivity contribution in [1.82, 2.24) is 9.97 Å². The van der Waals surface area contributed by atoms with Crippen LogP contribution in [0.5, 0.6) is 0 Å². The number of ether oxygens (including phenoxy) is 1. The molecule has 2 rings (SSSR count). The van der Waals surface area contributed by atoms with Crippen molar-refractivity contribution in [2.45, 2.75) is 25.0 Å². The minimum absolute atomic E-state index is 0.363. The summed E-state index contributed by atoms with van der Waals surface area (Å²) in [7, 11) is 3.51. The van der Waals surface area contributed by atoms with Crippen LogP contribution in [0.2, 0.25) is 5.02 Å². The molecule has 0 aromatic carbocycles. The Morgan fingerprint density at radius 3 is 2.88 bits per heavy atom. The second-order valence-electron chi connectivity index (χ2n) is 3.81. The molecule has 16 heavy (non-hydrogen) atoms. The zero-order chi connectivity index (χ0) is 11.5. The van der Waals surface area contributed by atoms with Crippen LogP contribution in [0.4, 0.5) is 11.8 Å². The van der Waals surface area contributed by atoms with Gasteiger partial charge < -0.3 is 15.4 Å². The summed E-state index contributed by atoms with van der Waals surface area (Å²) in [5.41, 5.74) is 0. The van der Waals surface area contributed by atoms with Gasteiger partial charge in [-0.3, -0.25) is 0 Å². The molecule has 6 heteroatoms. The molecule has 0 bridgehead atoms. The zero-order valence-electron chi connectivity index (χ0n) is 9.33. The van der Waals surface area contributed by atoms with Gasteiger partial charge in [-0.25, -0.2) is 4.98 Å². The topological polar surface area (TPSA) is 59.1 Å². The van der Waals surface area contributed by atoms with Gasteiger partial charge >= 0.3 is 0 Å². The summed E-state index contributed by atoms with van der Waals surface area (Å²) < 4.78 is 5.21. The molecule has 1 heterocycles. The SMILES string of the molecule is CNc1ncc(Cl)c(NC2CC(OC)C2)n1. The van der Waals surface area contributed by atoms with Gasteiger partial charge in [-0.15, -0.1) is 0 Å². The predicted molar refractivity (Wildman–Crippen MR) is 64.0 cm³/mol. The number of rotatable bonds is 4. The summed E-state index contributed by atoms with van der Waals surface area (Å²) in [6.45, 7) is 0. The molecular weight excluding hydrogens is 228 g/mol. The monoisotopic (exact) mass is 242 g/mol. The Morgan fingerprint density at radius 1 is 1.50 bits per heavy atom. The van der Waals surface area contributed by atoms with Gasteiger partial charge in [0.1, 0.15) is 5.02 Å². The van der Waals surface area contributed by atoms with E-state index in [1.165, 1.54) is 0 Å². The average Bonchev–Trinajstić information content (AvgIpc) is 2.25. The molecule has 5 nitrogen and oxygen atoms in total. The molecule has 1 aliphatic carbocycles. The highest BCUT2D eigenvalue weighted by molar-refractivity contribution is 6.32. The van der Waals surface area contributed by atoms with Crippen molar-refractivity contribution in [1.29, 1.82) is 0 Å². The fourth-order valence-electron chi connectivity index (χ4n) is 1.66. The van der Waals surface area contributed by atoms with Gasteiger partial charge in [0.15, 0.2) is 5.82 Å². The molecule has 88 valence electrons. The number of methoxy groups -OCH3 is 1. The normalized spacial score (nSPS) is 23.7. The quantitative estimate of drug-likeness (QED) is 0.843. The minimum Gasteiger partial charge on any atom is -0.381 e. The predicted octanol–water partition coefficient (Wildman–Crippen LogP) is 1.76. The van der Waals surface area contributed by atoms with Crippen LogP contribution in [0.3, 0.4) is 0 Å². The molecule has 0 radical (unpaired) electrons. The Morgan fingerprint density at radius 2 is 2.25 bits per heavy atom. The molecule has 0 unspecified atom stereocenters. The van der Waals surface area contributed by atoms with Crippen LogP contribution in [0.25, 0.3) is 0 Å². The molecule has 1 aromatic heterocycles. The summed E-state index contributed by atoms with van der Waals surface area (Å²) >= 11 is 6.00. The number of halogens is 1. The zero-order valence-corrected chi connectivity index (χ0v) is 10.1. The van der Waals surface area contributed by atoms with Gasteiger partial charge in [0.05, 0.1) is 12.3 Å². The average molecular weight is 243 g/mol. The maximum Gasteiger partial charge on any atom is 0.224 e. The maximum absolute atomic E-state index is 6.00. The van der Waals surface area contributed by atoms with E-state index in [4.69, 9.17) is 16.3 Å². The Labute approximate surface area is 99.6 Å². The number of aromatic nitrogens is 2. The summed E-state index contributed by atoms with van der Waals surface area (Å²) in [5.74, 6) is 1.25. The highest BCUT2D eigenvalue weighted by Gasteiger charge is 2.29. The third kappa shape index (κ3) is 2.36. The highest BCUT2D eigenvalue weighted by atomic mass is 35.5. The first kappa shape index (κ1) is 11.4. The lowest BCUT2D eigenvalue weighted by molar-refractivity contribution is 0.0328. The van der Waals surface area contributed by atoms with Gasteiger partial charge in [-0.05, 0) is 12.8 Å². The van der Waals surface area contributed by atoms with Crippen molar-refractivity contribution in [3.63, 3.8) is 0 Å². The summed E-state index contributed by atoms with van der Waals surface area (Å²) in [4.78, 5) is 8.28.